The van der Waals surface area contributed by atoms with Crippen LogP contribution >= 0.6 is 0 Å². The Labute approximate surface area is 866 Å². The van der Waals surface area contributed by atoms with E-state index in [9.17, 15) is 0 Å². The third kappa shape index (κ3) is 19.2. The molecule has 2 aliphatic rings. The lowest BCUT2D eigenvalue weighted by molar-refractivity contribution is 0.353. The fraction of sp³-hybridized carbons (Fsp3) is 0.209. The van der Waals surface area contributed by atoms with E-state index in [0.717, 1.165) is 152 Å². The summed E-state index contributed by atoms with van der Waals surface area (Å²) in [5, 5.41) is 3.13. The van der Waals surface area contributed by atoms with Crippen LogP contribution in [0.5, 0.6) is 0 Å². The first kappa shape index (κ1) is 94.7. The molecule has 2 fully saturated rings. The number of aromatic nitrogens is 7. The Morgan fingerprint density at radius 2 is 0.524 bits per heavy atom. The van der Waals surface area contributed by atoms with E-state index in [1.807, 2.05) is 43.2 Å². The molecule has 21 aromatic rings. The Morgan fingerprint density at radius 3 is 0.837 bits per heavy atom. The van der Waals surface area contributed by atoms with Gasteiger partial charge in [-0.25, -0.2) is 9.97 Å². The second-order valence-corrected chi connectivity index (χ2v) is 44.7. The summed E-state index contributed by atoms with van der Waals surface area (Å²) in [5.41, 5.74) is 42.4. The molecule has 722 valence electrons. The number of furan rings is 1. The quantitative estimate of drug-likeness (QED) is 0.0629. The summed E-state index contributed by atoms with van der Waals surface area (Å²) in [5.74, 6) is 2.50. The topological polar surface area (TPSA) is 95.4 Å². The molecule has 0 bridgehead atoms. The normalized spacial score (nSPS) is 16.3. The van der Waals surface area contributed by atoms with Crippen molar-refractivity contribution in [3.63, 3.8) is 0 Å². The van der Waals surface area contributed by atoms with Crippen molar-refractivity contribution in [1.82, 2.24) is 34.5 Å². The molecule has 0 N–H and O–H groups in total. The maximum Gasteiger partial charge on any atom is 0.147 e. The van der Waals surface area contributed by atoms with Crippen LogP contribution in [0.2, 0.25) is 0 Å². The number of hydrogen-bond donors (Lipinski definition) is 0. The van der Waals surface area contributed by atoms with Crippen LogP contribution in [0.25, 0.3) is 167 Å². The predicted molar refractivity (Wildman–Crippen MR) is 611 cm³/mol. The van der Waals surface area contributed by atoms with Gasteiger partial charge in [0.2, 0.25) is 0 Å². The van der Waals surface area contributed by atoms with Crippen LogP contribution in [-0.2, 0) is 28.7 Å². The fourth-order valence-electron chi connectivity index (χ4n) is 24.1. The van der Waals surface area contributed by atoms with Gasteiger partial charge in [-0.2, -0.15) is 0 Å². The highest BCUT2D eigenvalue weighted by atomic mass is 16.3. The number of para-hydroxylation sites is 2. The summed E-state index contributed by atoms with van der Waals surface area (Å²) in [6.07, 6.45) is 19.9. The molecule has 8 nitrogen and oxygen atoms in total. The number of hydrogen-bond acceptors (Lipinski definition) is 7. The van der Waals surface area contributed by atoms with Gasteiger partial charge in [0.15, 0.2) is 0 Å². The summed E-state index contributed by atoms with van der Waals surface area (Å²) < 4.78 is 8.74. The van der Waals surface area contributed by atoms with E-state index in [4.69, 9.17) is 34.3 Å². The number of fused-ring (bicyclic) bond motifs is 5. The van der Waals surface area contributed by atoms with Gasteiger partial charge in [0.25, 0.3) is 0 Å². The van der Waals surface area contributed by atoms with Crippen molar-refractivity contribution >= 4 is 32.8 Å². The Balaban J connectivity index is 0.497. The zero-order valence-electron chi connectivity index (χ0n) is 86.1. The molecule has 0 radical (unpaired) electrons. The number of rotatable bonds is 23. The number of aryl methyl sites for hydroxylation is 1. The molecule has 23 rings (SSSR count). The lowest BCUT2D eigenvalue weighted by Gasteiger charge is -2.38. The molecule has 0 saturated heterocycles. The Bertz CT molecular complexity index is 8390. The minimum Gasteiger partial charge on any atom is -0.455 e. The summed E-state index contributed by atoms with van der Waals surface area (Å²) in [4.78, 5) is 30.0. The number of nitrogens with zero attached hydrogens (tertiary/aromatic N) is 7. The number of pyridine rings is 5. The molecule has 2 aliphatic carbocycles. The Kier molecular flexibility index (Phi) is 25.5. The molecular weight excluding hydrogens is 1780 g/mol. The first-order valence-electron chi connectivity index (χ1n) is 52.7. The molecule has 0 aliphatic heterocycles. The van der Waals surface area contributed by atoms with Crippen LogP contribution in [0, 0.1) is 0 Å². The second kappa shape index (κ2) is 39.6. The van der Waals surface area contributed by atoms with Crippen molar-refractivity contribution in [3.8, 4) is 134 Å². The van der Waals surface area contributed by atoms with Crippen molar-refractivity contribution in [2.24, 2.45) is 7.05 Å². The van der Waals surface area contributed by atoms with Gasteiger partial charge in [0.1, 0.15) is 17.0 Å². The van der Waals surface area contributed by atoms with Crippen LogP contribution < -0.4 is 0 Å². The van der Waals surface area contributed by atoms with E-state index in [-0.39, 0.29) is 57.2 Å². The molecule has 0 spiro atoms. The molecule has 7 heterocycles. The molecule has 8 heteroatoms. The minimum absolute atomic E-state index is 0.0120. The van der Waals surface area contributed by atoms with Crippen molar-refractivity contribution in [1.29, 1.82) is 0 Å². The standard InChI is InChI=1S/C139H125N7O/c1-136(2,3)108-68-74-140-127(86-108)96-56-44-90(45-57-96)112-28-12-18-34-118(112)102-80-103(83-106(82-102)122-38-22-16-32-116(122)94-52-64-100(65-53-94)133-132-125-41-25-27-43-131(125)147-134(132)124-40-24-26-42-126(124)145-133)120-36-20-14-30-114(120)92-48-60-98(61-49-92)129-88-110(70-76-142-129)138(7,8)72-73-139(9,10)111-71-77-143-130(89-111)99-62-50-93(51-63-99)115-31-15-21-37-121(115)105-81-104(84-107(85-105)123-39-23-17-33-117(123)95-54-66-101(67-55-95)135-144-78-79-146(135)11)119-35-19-13-29-113(119)91-46-58-97(59-47-91)128-87-109(69-75-141-128)137(4,5)6/h12-71,74-79,86-89,102-107H,72-73,80-85H2,1-11H3. The zero-order chi connectivity index (χ0) is 100. The van der Waals surface area contributed by atoms with Crippen LogP contribution in [0.4, 0.5) is 0 Å². The van der Waals surface area contributed by atoms with Gasteiger partial charge in [0, 0.05) is 88.4 Å². The van der Waals surface area contributed by atoms with Gasteiger partial charge in [-0.05, 0) is 298 Å². The first-order valence-corrected chi connectivity index (χ1v) is 52.7. The molecule has 6 unspecified atom stereocenters. The summed E-state index contributed by atoms with van der Waals surface area (Å²) in [6, 6.07) is 145. The van der Waals surface area contributed by atoms with E-state index in [0.29, 0.717) is 0 Å². The molecule has 7 aromatic heterocycles. The van der Waals surface area contributed by atoms with Crippen LogP contribution in [-0.4, -0.2) is 34.5 Å². The van der Waals surface area contributed by atoms with Gasteiger partial charge in [-0.3, -0.25) is 19.9 Å². The lowest BCUT2D eigenvalue weighted by Crippen LogP contribution is -2.24. The third-order valence-corrected chi connectivity index (χ3v) is 32.5. The van der Waals surface area contributed by atoms with Gasteiger partial charge in [-0.1, -0.05) is 391 Å². The highest BCUT2D eigenvalue weighted by Crippen LogP contribution is 2.57. The molecular formula is C139H125N7O. The van der Waals surface area contributed by atoms with Gasteiger partial charge in [-0.15, -0.1) is 0 Å². The van der Waals surface area contributed by atoms with Gasteiger partial charge < -0.3 is 8.98 Å². The van der Waals surface area contributed by atoms with Crippen molar-refractivity contribution in [2.45, 2.75) is 178 Å². The highest BCUT2D eigenvalue weighted by molar-refractivity contribution is 6.19. The van der Waals surface area contributed by atoms with Gasteiger partial charge >= 0.3 is 0 Å². The third-order valence-electron chi connectivity index (χ3n) is 32.5. The lowest BCUT2D eigenvalue weighted by atomic mass is 9.66. The molecule has 6 atom stereocenters. The summed E-state index contributed by atoms with van der Waals surface area (Å²) >= 11 is 0. The Morgan fingerprint density at radius 1 is 0.259 bits per heavy atom. The van der Waals surface area contributed by atoms with Crippen LogP contribution in [0.3, 0.4) is 0 Å². The monoisotopic (exact) mass is 1910 g/mol. The molecule has 2 saturated carbocycles. The number of benzene rings is 14. The minimum atomic E-state index is -0.160. The van der Waals surface area contributed by atoms with E-state index < -0.39 is 0 Å². The number of imidazole rings is 1. The maximum atomic E-state index is 6.66. The van der Waals surface area contributed by atoms with E-state index in [1.54, 1.807) is 0 Å². The van der Waals surface area contributed by atoms with Crippen LogP contribution in [0.15, 0.2) is 430 Å². The maximum absolute atomic E-state index is 6.66. The summed E-state index contributed by atoms with van der Waals surface area (Å²) in [6.45, 7) is 23.2. The van der Waals surface area contributed by atoms with Gasteiger partial charge in [0.05, 0.1) is 39.4 Å². The van der Waals surface area contributed by atoms with Crippen molar-refractivity contribution in [3.05, 3.63) is 481 Å². The average Bonchev–Trinajstić information content (AvgIpc) is 1.59. The van der Waals surface area contributed by atoms with E-state index in [2.05, 4.69) is 463 Å². The SMILES string of the molecule is Cn1ccnc1-c1ccc(-c2ccccc2C2CC(c3ccccc3-c3ccc(-c4cc(C(C)(C)C)ccn4)cc3)CC(c3ccccc3-c3ccc(-c4cc(C(C)(C)CCC(C)(C)c5ccnc(-c6ccc(-c7ccccc7C7CC(c8ccccc8-c8ccc(-c9cc(C(C)(C)C)ccn9)cc8)CC(c8ccccc8-c8ccc(-c9nc%10ccccc%10c%10oc%11ccccc%11c9%10)cc8)C7)cc6)c5)ccn4)cc3)C2)cc1. The van der Waals surface area contributed by atoms with Crippen molar-refractivity contribution < 1.29 is 4.42 Å². The second-order valence-electron chi connectivity index (χ2n) is 44.7. The van der Waals surface area contributed by atoms with Crippen molar-refractivity contribution in [2.75, 3.05) is 0 Å². The van der Waals surface area contributed by atoms with E-state index in [1.165, 1.54) is 122 Å². The smallest absolute Gasteiger partial charge is 0.147 e. The fourth-order valence-corrected chi connectivity index (χ4v) is 24.1. The highest BCUT2D eigenvalue weighted by Gasteiger charge is 2.39. The molecule has 147 heavy (non-hydrogen) atoms. The zero-order valence-corrected chi connectivity index (χ0v) is 86.1. The molecule has 14 aromatic carbocycles. The predicted octanol–water partition coefficient (Wildman–Crippen LogP) is 36.8. The largest absolute Gasteiger partial charge is 0.455 e. The first-order chi connectivity index (χ1) is 71.5. The average molecular weight is 1910 g/mol. The van der Waals surface area contributed by atoms with E-state index >= 15 is 0 Å². The summed E-state index contributed by atoms with van der Waals surface area (Å²) in [7, 11) is 2.06. The Hall–Kier alpha value is -15.9. The van der Waals surface area contributed by atoms with Crippen LogP contribution in [0.1, 0.15) is 212 Å². The molecule has 0 amide bonds.